The Balaban J connectivity index is 1.81. The first-order chi connectivity index (χ1) is 12.6. The fourth-order valence-electron chi connectivity index (χ4n) is 5.00. The van der Waals surface area contributed by atoms with E-state index in [-0.39, 0.29) is 16.8 Å². The number of benzene rings is 2. The second-order valence-electron chi connectivity index (χ2n) is 7.38. The van der Waals surface area contributed by atoms with Gasteiger partial charge in [-0.15, -0.1) is 0 Å². The molecule has 136 valence electrons. The van der Waals surface area contributed by atoms with E-state index in [1.807, 2.05) is 48.5 Å². The maximum atomic E-state index is 12.1. The van der Waals surface area contributed by atoms with Gasteiger partial charge in [0.05, 0.1) is 24.7 Å². The molecule has 2 fully saturated rings. The Morgan fingerprint density at radius 2 is 1.54 bits per heavy atom. The molecular weight excluding hydrogens is 328 g/mol. The first-order valence-electron chi connectivity index (χ1n) is 9.20. The Morgan fingerprint density at radius 3 is 2.08 bits per heavy atom. The van der Waals surface area contributed by atoms with E-state index >= 15 is 0 Å². The van der Waals surface area contributed by atoms with Crippen LogP contribution in [0.25, 0.3) is 0 Å². The number of morpholine rings is 1. The van der Waals surface area contributed by atoms with Crippen LogP contribution in [0.1, 0.15) is 29.9 Å². The summed E-state index contributed by atoms with van der Waals surface area (Å²) >= 11 is 0. The number of ether oxygens (including phenoxy) is 1. The minimum Gasteiger partial charge on any atom is -0.379 e. The van der Waals surface area contributed by atoms with Gasteiger partial charge in [0, 0.05) is 23.9 Å². The van der Waals surface area contributed by atoms with Gasteiger partial charge in [0.2, 0.25) is 6.04 Å². The Bertz CT molecular complexity index is 761. The van der Waals surface area contributed by atoms with Gasteiger partial charge in [-0.3, -0.25) is 15.0 Å². The van der Waals surface area contributed by atoms with Crippen molar-refractivity contribution in [3.05, 3.63) is 81.9 Å². The number of hydrogen-bond acceptors (Lipinski definition) is 4. The van der Waals surface area contributed by atoms with Gasteiger partial charge in [0.15, 0.2) is 0 Å². The lowest BCUT2D eigenvalue weighted by Crippen LogP contribution is -2.73. The zero-order valence-corrected chi connectivity index (χ0v) is 15.0. The maximum Gasteiger partial charge on any atom is 0.238 e. The Kier molecular flexibility index (Phi) is 4.51. The summed E-state index contributed by atoms with van der Waals surface area (Å²) < 4.78 is 5.50. The van der Waals surface area contributed by atoms with E-state index in [0.717, 1.165) is 18.7 Å². The second-order valence-corrected chi connectivity index (χ2v) is 7.38. The van der Waals surface area contributed by atoms with Gasteiger partial charge in [-0.1, -0.05) is 60.7 Å². The molecule has 26 heavy (non-hydrogen) atoms. The van der Waals surface area contributed by atoms with Crippen LogP contribution in [0.15, 0.2) is 60.7 Å². The highest BCUT2D eigenvalue weighted by Crippen LogP contribution is 2.59. The number of hydrogen-bond donors (Lipinski definition) is 0. The molecule has 0 amide bonds. The summed E-state index contributed by atoms with van der Waals surface area (Å²) in [6, 6.07) is 19.6. The van der Waals surface area contributed by atoms with Gasteiger partial charge in [-0.05, 0) is 18.1 Å². The minimum atomic E-state index is -0.631. The quantitative estimate of drug-likeness (QED) is 0.626. The normalized spacial score (nSPS) is 32.0. The van der Waals surface area contributed by atoms with E-state index in [2.05, 4.69) is 24.0 Å². The molecule has 2 aromatic rings. The lowest BCUT2D eigenvalue weighted by molar-refractivity contribution is -0.565. The summed E-state index contributed by atoms with van der Waals surface area (Å²) in [4.78, 5) is 14.4. The fraction of sp³-hybridized carbons (Fsp3) is 0.429. The molecule has 1 aliphatic carbocycles. The van der Waals surface area contributed by atoms with Crippen LogP contribution < -0.4 is 0 Å². The Morgan fingerprint density at radius 1 is 1.00 bits per heavy atom. The van der Waals surface area contributed by atoms with Crippen LogP contribution in [0.3, 0.4) is 0 Å². The molecule has 4 rings (SSSR count). The zero-order chi connectivity index (χ0) is 18.1. The van der Waals surface area contributed by atoms with Crippen molar-refractivity contribution in [2.45, 2.75) is 30.3 Å². The van der Waals surface area contributed by atoms with Crippen LogP contribution in [0.5, 0.6) is 0 Å². The lowest BCUT2D eigenvalue weighted by atomic mass is 9.51. The monoisotopic (exact) mass is 352 g/mol. The largest absolute Gasteiger partial charge is 0.379 e. The van der Waals surface area contributed by atoms with Crippen molar-refractivity contribution in [3.63, 3.8) is 0 Å². The number of nitro groups is 1. The molecule has 0 bridgehead atoms. The van der Waals surface area contributed by atoms with E-state index in [9.17, 15) is 10.1 Å². The highest BCUT2D eigenvalue weighted by atomic mass is 16.6. The summed E-state index contributed by atoms with van der Waals surface area (Å²) in [6.45, 7) is 4.83. The molecule has 1 saturated carbocycles. The summed E-state index contributed by atoms with van der Waals surface area (Å²) in [5.41, 5.74) is 1.71. The van der Waals surface area contributed by atoms with Crippen molar-refractivity contribution in [2.75, 3.05) is 26.3 Å². The first kappa shape index (κ1) is 17.2. The Labute approximate surface area is 153 Å². The molecule has 2 aliphatic rings. The van der Waals surface area contributed by atoms with Crippen molar-refractivity contribution in [1.82, 2.24) is 4.90 Å². The van der Waals surface area contributed by atoms with Crippen LogP contribution >= 0.6 is 0 Å². The van der Waals surface area contributed by atoms with Gasteiger partial charge in [-0.2, -0.15) is 0 Å². The number of nitrogens with zero attached hydrogens (tertiary/aromatic N) is 2. The number of rotatable bonds is 4. The maximum absolute atomic E-state index is 12.1. The van der Waals surface area contributed by atoms with Crippen molar-refractivity contribution < 1.29 is 9.66 Å². The molecule has 1 saturated heterocycles. The van der Waals surface area contributed by atoms with E-state index in [4.69, 9.17) is 4.74 Å². The molecule has 1 heterocycles. The van der Waals surface area contributed by atoms with Crippen LogP contribution in [0.2, 0.25) is 0 Å². The first-order valence-corrected chi connectivity index (χ1v) is 9.20. The van der Waals surface area contributed by atoms with E-state index in [1.54, 1.807) is 0 Å². The predicted octanol–water partition coefficient (Wildman–Crippen LogP) is 3.30. The van der Waals surface area contributed by atoms with E-state index in [0.29, 0.717) is 13.2 Å². The highest BCUT2D eigenvalue weighted by molar-refractivity contribution is 5.41. The zero-order valence-electron chi connectivity index (χ0n) is 15.0. The topological polar surface area (TPSA) is 55.6 Å². The minimum absolute atomic E-state index is 0.0629. The third-order valence-electron chi connectivity index (χ3n) is 6.19. The van der Waals surface area contributed by atoms with E-state index in [1.165, 1.54) is 5.56 Å². The van der Waals surface area contributed by atoms with Gasteiger partial charge in [-0.25, -0.2) is 0 Å². The smallest absolute Gasteiger partial charge is 0.238 e. The van der Waals surface area contributed by atoms with Crippen molar-refractivity contribution in [1.29, 1.82) is 0 Å². The molecule has 4 atom stereocenters. The molecule has 5 heteroatoms. The molecule has 0 radical (unpaired) electrons. The molecule has 2 aromatic carbocycles. The van der Waals surface area contributed by atoms with Crippen LogP contribution in [0.4, 0.5) is 0 Å². The average Bonchev–Trinajstić information content (AvgIpc) is 2.67. The lowest BCUT2D eigenvalue weighted by Gasteiger charge is -2.60. The van der Waals surface area contributed by atoms with Crippen LogP contribution in [-0.2, 0) is 4.74 Å². The molecule has 4 unspecified atom stereocenters. The Hall–Kier alpha value is -2.24. The highest BCUT2D eigenvalue weighted by Gasteiger charge is 2.69. The molecule has 0 N–H and O–H groups in total. The predicted molar refractivity (Wildman–Crippen MR) is 99.9 cm³/mol. The van der Waals surface area contributed by atoms with Crippen LogP contribution in [-0.4, -0.2) is 47.7 Å². The summed E-state index contributed by atoms with van der Waals surface area (Å²) in [5.74, 6) is -0.0407. The molecule has 5 nitrogen and oxygen atoms in total. The van der Waals surface area contributed by atoms with E-state index < -0.39 is 11.6 Å². The second kappa shape index (κ2) is 6.82. The third-order valence-corrected chi connectivity index (χ3v) is 6.19. The molecule has 1 aliphatic heterocycles. The van der Waals surface area contributed by atoms with Gasteiger partial charge < -0.3 is 4.74 Å². The van der Waals surface area contributed by atoms with Crippen LogP contribution in [0, 0.1) is 10.1 Å². The van der Waals surface area contributed by atoms with Crippen molar-refractivity contribution in [3.8, 4) is 0 Å². The van der Waals surface area contributed by atoms with Gasteiger partial charge >= 0.3 is 0 Å². The van der Waals surface area contributed by atoms with Crippen molar-refractivity contribution in [2.24, 2.45) is 0 Å². The SMILES string of the molecule is CC1(N2CCOCC2)C(c2ccccc2)C(c2ccccc2)C1[N+](=O)[O-]. The summed E-state index contributed by atoms with van der Waals surface area (Å²) in [6.07, 6.45) is 0. The third kappa shape index (κ3) is 2.63. The summed E-state index contributed by atoms with van der Waals surface area (Å²) in [5, 5.41) is 12.1. The molecule has 0 spiro atoms. The summed E-state index contributed by atoms with van der Waals surface area (Å²) in [7, 11) is 0. The standard InChI is InChI=1S/C21H24N2O3/c1-21(22-12-14-26-15-13-22)19(17-10-6-3-7-11-17)18(20(21)23(24)25)16-8-4-2-5-9-16/h2-11,18-20H,12-15H2,1H3. The van der Waals surface area contributed by atoms with Crippen molar-refractivity contribution >= 4 is 0 Å². The molecule has 0 aromatic heterocycles. The van der Waals surface area contributed by atoms with Gasteiger partial charge in [0.25, 0.3) is 0 Å². The average molecular weight is 352 g/mol. The van der Waals surface area contributed by atoms with Gasteiger partial charge in [0.1, 0.15) is 0 Å². The molecular formula is C21H24N2O3. The fourth-order valence-corrected chi connectivity index (χ4v) is 5.00.